The average molecular weight is 251 g/mol. The van der Waals surface area contributed by atoms with Crippen LogP contribution in [0.25, 0.3) is 10.7 Å². The van der Waals surface area contributed by atoms with Gasteiger partial charge in [0.15, 0.2) is 11.0 Å². The minimum absolute atomic E-state index is 0.565. The summed E-state index contributed by atoms with van der Waals surface area (Å²) in [6, 6.07) is 0. The zero-order valence-electron chi connectivity index (χ0n) is 10.2. The van der Waals surface area contributed by atoms with Crippen molar-refractivity contribution in [3.8, 4) is 10.7 Å². The Kier molecular flexibility index (Phi) is 3.73. The lowest BCUT2D eigenvalue weighted by Crippen LogP contribution is -1.88. The third-order valence-electron chi connectivity index (χ3n) is 2.57. The van der Waals surface area contributed by atoms with Crippen LogP contribution in [0.4, 0.5) is 5.13 Å². The Morgan fingerprint density at radius 2 is 2.12 bits per heavy atom. The molecule has 2 heterocycles. The van der Waals surface area contributed by atoms with Crippen molar-refractivity contribution in [3.05, 3.63) is 11.5 Å². The molecule has 3 N–H and O–H groups in total. The molecule has 0 amide bonds. The summed E-state index contributed by atoms with van der Waals surface area (Å²) in [5.41, 5.74) is 6.56. The second-order valence-corrected chi connectivity index (χ2v) is 5.06. The molecule has 0 spiro atoms. The lowest BCUT2D eigenvalue weighted by atomic mass is 10.2. The van der Waals surface area contributed by atoms with E-state index in [2.05, 4.69) is 27.1 Å². The molecule has 2 rings (SSSR count). The highest BCUT2D eigenvalue weighted by atomic mass is 32.1. The van der Waals surface area contributed by atoms with Crippen LogP contribution in [0.1, 0.15) is 37.7 Å². The van der Waals surface area contributed by atoms with Crippen molar-refractivity contribution in [1.82, 2.24) is 20.2 Å². The molecule has 0 aliphatic carbocycles. The first-order valence-electron chi connectivity index (χ1n) is 5.85. The average Bonchev–Trinajstić information content (AvgIpc) is 2.86. The fourth-order valence-corrected chi connectivity index (χ4v) is 2.44. The van der Waals surface area contributed by atoms with Gasteiger partial charge in [-0.2, -0.15) is 5.10 Å². The van der Waals surface area contributed by atoms with Gasteiger partial charge in [0.05, 0.1) is 10.6 Å². The standard InChI is InChI=1S/C11H17N5S/c1-3-4-5-6-8-14-10(16-15-8)9-7(2)13-11(12)17-9/h3-6H2,1-2H3,(H2,12,13)(H,14,15,16). The third kappa shape index (κ3) is 2.82. The number of nitrogens with zero attached hydrogens (tertiary/aromatic N) is 3. The number of rotatable bonds is 5. The summed E-state index contributed by atoms with van der Waals surface area (Å²) in [5, 5.41) is 7.76. The first-order valence-corrected chi connectivity index (χ1v) is 6.67. The van der Waals surface area contributed by atoms with E-state index in [4.69, 9.17) is 5.73 Å². The number of hydrogen-bond acceptors (Lipinski definition) is 5. The van der Waals surface area contributed by atoms with Crippen LogP contribution in [-0.2, 0) is 6.42 Å². The monoisotopic (exact) mass is 251 g/mol. The Hall–Kier alpha value is -1.43. The van der Waals surface area contributed by atoms with Gasteiger partial charge in [-0.15, -0.1) is 0 Å². The van der Waals surface area contributed by atoms with Crippen LogP contribution < -0.4 is 5.73 Å². The van der Waals surface area contributed by atoms with Crippen LogP contribution in [0.15, 0.2) is 0 Å². The van der Waals surface area contributed by atoms with Crippen molar-refractivity contribution in [2.75, 3.05) is 5.73 Å². The van der Waals surface area contributed by atoms with Gasteiger partial charge in [0.1, 0.15) is 5.82 Å². The van der Waals surface area contributed by atoms with E-state index in [9.17, 15) is 0 Å². The molecular weight excluding hydrogens is 234 g/mol. The summed E-state index contributed by atoms with van der Waals surface area (Å²) >= 11 is 1.43. The number of unbranched alkanes of at least 4 members (excludes halogenated alkanes) is 2. The predicted octanol–water partition coefficient (Wildman–Crippen LogP) is 2.55. The van der Waals surface area contributed by atoms with Gasteiger partial charge >= 0.3 is 0 Å². The summed E-state index contributed by atoms with van der Waals surface area (Å²) < 4.78 is 0. The van der Waals surface area contributed by atoms with E-state index in [0.29, 0.717) is 11.0 Å². The van der Waals surface area contributed by atoms with Crippen LogP contribution in [0, 0.1) is 6.92 Å². The highest BCUT2D eigenvalue weighted by Gasteiger charge is 2.12. The Balaban J connectivity index is 2.10. The molecular formula is C11H17N5S. The summed E-state index contributed by atoms with van der Waals surface area (Å²) in [6.45, 7) is 4.12. The van der Waals surface area contributed by atoms with Gasteiger partial charge in [-0.25, -0.2) is 9.97 Å². The van der Waals surface area contributed by atoms with Crippen LogP contribution in [-0.4, -0.2) is 20.2 Å². The second-order valence-electron chi connectivity index (χ2n) is 4.03. The summed E-state index contributed by atoms with van der Waals surface area (Å²) in [5.74, 6) is 1.66. The quantitative estimate of drug-likeness (QED) is 0.800. The van der Waals surface area contributed by atoms with Crippen LogP contribution in [0.2, 0.25) is 0 Å². The van der Waals surface area contributed by atoms with E-state index in [1.807, 2.05) is 6.92 Å². The SMILES string of the molecule is CCCCCc1nc(-c2sc(N)nc2C)n[nH]1. The van der Waals surface area contributed by atoms with E-state index in [0.717, 1.165) is 29.2 Å². The molecule has 0 saturated heterocycles. The molecule has 0 aliphatic heterocycles. The molecule has 0 atom stereocenters. The highest BCUT2D eigenvalue weighted by Crippen LogP contribution is 2.28. The van der Waals surface area contributed by atoms with E-state index in [1.165, 1.54) is 24.2 Å². The fraction of sp³-hybridized carbons (Fsp3) is 0.545. The number of nitrogens with one attached hydrogen (secondary N) is 1. The summed E-state index contributed by atoms with van der Waals surface area (Å²) in [7, 11) is 0. The van der Waals surface area contributed by atoms with Gasteiger partial charge in [-0.3, -0.25) is 5.10 Å². The van der Waals surface area contributed by atoms with Gasteiger partial charge in [-0.05, 0) is 13.3 Å². The lowest BCUT2D eigenvalue weighted by molar-refractivity contribution is 0.695. The maximum Gasteiger partial charge on any atom is 0.193 e. The number of anilines is 1. The zero-order chi connectivity index (χ0) is 12.3. The zero-order valence-corrected chi connectivity index (χ0v) is 11.0. The minimum atomic E-state index is 0.565. The number of aryl methyl sites for hydroxylation is 2. The number of aromatic amines is 1. The van der Waals surface area contributed by atoms with Crippen LogP contribution in [0.3, 0.4) is 0 Å². The number of thiazole rings is 1. The number of hydrogen-bond donors (Lipinski definition) is 2. The van der Waals surface area contributed by atoms with E-state index in [1.54, 1.807) is 0 Å². The van der Waals surface area contributed by atoms with Crippen molar-refractivity contribution in [3.63, 3.8) is 0 Å². The normalized spacial score (nSPS) is 10.9. The fourth-order valence-electron chi connectivity index (χ4n) is 1.68. The molecule has 0 saturated carbocycles. The molecule has 0 aromatic carbocycles. The van der Waals surface area contributed by atoms with E-state index >= 15 is 0 Å². The van der Waals surface area contributed by atoms with Gasteiger partial charge < -0.3 is 5.73 Å². The van der Waals surface area contributed by atoms with Crippen molar-refractivity contribution >= 4 is 16.5 Å². The molecule has 17 heavy (non-hydrogen) atoms. The third-order valence-corrected chi connectivity index (χ3v) is 3.55. The maximum absolute atomic E-state index is 5.66. The lowest BCUT2D eigenvalue weighted by Gasteiger charge is -1.93. The molecule has 0 aliphatic rings. The second kappa shape index (κ2) is 5.27. The van der Waals surface area contributed by atoms with Crippen LogP contribution in [0.5, 0.6) is 0 Å². The minimum Gasteiger partial charge on any atom is -0.375 e. The number of aromatic nitrogens is 4. The maximum atomic E-state index is 5.66. The molecule has 0 unspecified atom stereocenters. The van der Waals surface area contributed by atoms with Crippen molar-refractivity contribution in [1.29, 1.82) is 0 Å². The Labute approximate surface area is 104 Å². The number of H-pyrrole nitrogens is 1. The van der Waals surface area contributed by atoms with Gasteiger partial charge in [-0.1, -0.05) is 31.1 Å². The summed E-state index contributed by atoms with van der Waals surface area (Å²) in [6.07, 6.45) is 4.54. The smallest absolute Gasteiger partial charge is 0.193 e. The van der Waals surface area contributed by atoms with Gasteiger partial charge in [0, 0.05) is 6.42 Å². The first kappa shape index (κ1) is 12.0. The predicted molar refractivity (Wildman–Crippen MR) is 69.9 cm³/mol. The van der Waals surface area contributed by atoms with E-state index in [-0.39, 0.29) is 0 Å². The molecule has 0 bridgehead atoms. The molecule has 0 radical (unpaired) electrons. The molecule has 92 valence electrons. The van der Waals surface area contributed by atoms with Crippen molar-refractivity contribution in [2.24, 2.45) is 0 Å². The molecule has 0 fully saturated rings. The Morgan fingerprint density at radius 1 is 1.29 bits per heavy atom. The Morgan fingerprint density at radius 3 is 2.76 bits per heavy atom. The van der Waals surface area contributed by atoms with Crippen LogP contribution >= 0.6 is 11.3 Å². The first-order chi connectivity index (χ1) is 8.20. The highest BCUT2D eigenvalue weighted by molar-refractivity contribution is 7.18. The largest absolute Gasteiger partial charge is 0.375 e. The number of nitrogens with two attached hydrogens (primary N) is 1. The van der Waals surface area contributed by atoms with Gasteiger partial charge in [0.2, 0.25) is 0 Å². The van der Waals surface area contributed by atoms with Gasteiger partial charge in [0.25, 0.3) is 0 Å². The van der Waals surface area contributed by atoms with Crippen molar-refractivity contribution in [2.45, 2.75) is 39.5 Å². The summed E-state index contributed by atoms with van der Waals surface area (Å²) in [4.78, 5) is 9.61. The molecule has 2 aromatic heterocycles. The topological polar surface area (TPSA) is 80.5 Å². The molecule has 6 heteroatoms. The van der Waals surface area contributed by atoms with Crippen molar-refractivity contribution < 1.29 is 0 Å². The number of nitrogen functional groups attached to an aromatic ring is 1. The molecule has 5 nitrogen and oxygen atoms in total. The van der Waals surface area contributed by atoms with E-state index < -0.39 is 0 Å². The molecule has 2 aromatic rings. The Bertz CT molecular complexity index is 488.